The molecule has 0 aliphatic heterocycles. The fourth-order valence-electron chi connectivity index (χ4n) is 2.28. The Labute approximate surface area is 151 Å². The minimum atomic E-state index is -4.98. The number of sulfonamides is 1. The van der Waals surface area contributed by atoms with Crippen molar-refractivity contribution < 1.29 is 26.3 Å². The van der Waals surface area contributed by atoms with E-state index in [2.05, 4.69) is 14.4 Å². The van der Waals surface area contributed by atoms with Gasteiger partial charge in [-0.2, -0.15) is 0 Å². The van der Waals surface area contributed by atoms with Gasteiger partial charge in [-0.05, 0) is 24.3 Å². The number of hydrogen-bond donors (Lipinski definition) is 1. The number of rotatable bonds is 6. The van der Waals surface area contributed by atoms with Gasteiger partial charge in [-0.15, -0.1) is 24.5 Å². The molecule has 0 spiro atoms. The molecule has 3 aromatic rings. The van der Waals surface area contributed by atoms with Crippen molar-refractivity contribution in [3.8, 4) is 5.75 Å². The first-order valence-electron chi connectivity index (χ1n) is 7.43. The molecule has 0 saturated heterocycles. The first kappa shape index (κ1) is 18.6. The number of fused-ring (bicyclic) bond motifs is 1. The van der Waals surface area contributed by atoms with Crippen LogP contribution in [0.2, 0.25) is 0 Å². The second kappa shape index (κ2) is 7.22. The molecule has 138 valence electrons. The summed E-state index contributed by atoms with van der Waals surface area (Å²) in [7, 11) is -4.16. The van der Waals surface area contributed by atoms with E-state index < -0.39 is 27.0 Å². The molecule has 0 amide bonds. The summed E-state index contributed by atoms with van der Waals surface area (Å²) in [5.41, 5.74) is 0.819. The lowest BCUT2D eigenvalue weighted by atomic mass is 10.3. The molecule has 1 aromatic heterocycles. The van der Waals surface area contributed by atoms with Crippen LogP contribution in [0.3, 0.4) is 0 Å². The number of ether oxygens (including phenoxy) is 1. The number of hydrogen-bond acceptors (Lipinski definition) is 5. The number of alkyl halides is 3. The van der Waals surface area contributed by atoms with Gasteiger partial charge in [-0.1, -0.05) is 24.3 Å². The summed E-state index contributed by atoms with van der Waals surface area (Å²) < 4.78 is 69.0. The summed E-state index contributed by atoms with van der Waals surface area (Å²) in [6, 6.07) is 12.1. The van der Waals surface area contributed by atoms with E-state index >= 15 is 0 Å². The summed E-state index contributed by atoms with van der Waals surface area (Å²) in [6.45, 7) is 0.00249. The fraction of sp³-hybridized carbons (Fsp3) is 0.188. The van der Waals surface area contributed by atoms with Gasteiger partial charge in [0.05, 0.1) is 15.2 Å². The molecule has 10 heteroatoms. The van der Waals surface area contributed by atoms with Gasteiger partial charge in [0.25, 0.3) is 0 Å². The predicted molar refractivity (Wildman–Crippen MR) is 91.6 cm³/mol. The van der Waals surface area contributed by atoms with Crippen molar-refractivity contribution in [1.82, 2.24) is 9.71 Å². The van der Waals surface area contributed by atoms with Crippen molar-refractivity contribution in [2.75, 3.05) is 6.54 Å². The molecule has 0 bridgehead atoms. The third kappa shape index (κ3) is 4.51. The van der Waals surface area contributed by atoms with E-state index in [1.807, 2.05) is 24.3 Å². The highest BCUT2D eigenvalue weighted by Gasteiger charge is 2.33. The Morgan fingerprint density at radius 2 is 1.77 bits per heavy atom. The summed E-state index contributed by atoms with van der Waals surface area (Å²) >= 11 is 1.44. The highest BCUT2D eigenvalue weighted by Crippen LogP contribution is 2.29. The van der Waals surface area contributed by atoms with Crippen LogP contribution in [0, 0.1) is 0 Å². The van der Waals surface area contributed by atoms with Crippen LogP contribution in [0.15, 0.2) is 53.4 Å². The third-order valence-electron chi connectivity index (χ3n) is 3.33. The van der Waals surface area contributed by atoms with E-state index in [0.717, 1.165) is 27.4 Å². The minimum absolute atomic E-state index is 0.00249. The van der Waals surface area contributed by atoms with Crippen LogP contribution in [0.5, 0.6) is 5.75 Å². The SMILES string of the molecule is O=S(=O)(NCCc1nc2ccccc2s1)c1ccccc1OC(F)(F)F. The molecule has 3 rings (SSSR count). The van der Waals surface area contributed by atoms with Gasteiger partial charge in [-0.25, -0.2) is 18.1 Å². The fourth-order valence-corrected chi connectivity index (χ4v) is 4.40. The Kier molecular flexibility index (Phi) is 5.17. The number of aromatic nitrogens is 1. The van der Waals surface area contributed by atoms with Gasteiger partial charge >= 0.3 is 6.36 Å². The van der Waals surface area contributed by atoms with Crippen LogP contribution < -0.4 is 9.46 Å². The van der Waals surface area contributed by atoms with E-state index in [0.29, 0.717) is 6.42 Å². The highest BCUT2D eigenvalue weighted by atomic mass is 32.2. The maximum Gasteiger partial charge on any atom is 0.573 e. The van der Waals surface area contributed by atoms with Crippen LogP contribution in [0.25, 0.3) is 10.2 Å². The second-order valence-electron chi connectivity index (χ2n) is 5.22. The van der Waals surface area contributed by atoms with E-state index in [4.69, 9.17) is 0 Å². The van der Waals surface area contributed by atoms with Crippen molar-refractivity contribution in [2.24, 2.45) is 0 Å². The largest absolute Gasteiger partial charge is 0.573 e. The lowest BCUT2D eigenvalue weighted by Crippen LogP contribution is -2.27. The number of nitrogens with one attached hydrogen (secondary N) is 1. The van der Waals surface area contributed by atoms with Crippen molar-refractivity contribution in [2.45, 2.75) is 17.7 Å². The van der Waals surface area contributed by atoms with Gasteiger partial charge in [0, 0.05) is 13.0 Å². The molecular formula is C16H13F3N2O3S2. The molecule has 26 heavy (non-hydrogen) atoms. The van der Waals surface area contributed by atoms with Gasteiger partial charge in [0.2, 0.25) is 10.0 Å². The summed E-state index contributed by atoms with van der Waals surface area (Å²) in [5.74, 6) is -0.771. The predicted octanol–water partition coefficient (Wildman–Crippen LogP) is 3.72. The average Bonchev–Trinajstić information content (AvgIpc) is 2.96. The molecule has 0 unspecified atom stereocenters. The van der Waals surface area contributed by atoms with E-state index in [-0.39, 0.29) is 6.54 Å². The van der Waals surface area contributed by atoms with Crippen LogP contribution in [-0.4, -0.2) is 26.3 Å². The molecule has 2 aromatic carbocycles. The number of para-hydroxylation sites is 2. The van der Waals surface area contributed by atoms with E-state index in [1.54, 1.807) is 0 Å². The minimum Gasteiger partial charge on any atom is -0.404 e. The highest BCUT2D eigenvalue weighted by molar-refractivity contribution is 7.89. The molecule has 5 nitrogen and oxygen atoms in total. The quantitative estimate of drug-likeness (QED) is 0.683. The molecule has 0 radical (unpaired) electrons. The molecule has 0 saturated carbocycles. The van der Waals surface area contributed by atoms with Gasteiger partial charge in [0.15, 0.2) is 0 Å². The third-order valence-corrected chi connectivity index (χ3v) is 5.93. The van der Waals surface area contributed by atoms with Crippen LogP contribution in [0.4, 0.5) is 13.2 Å². The molecule has 0 aliphatic rings. The number of nitrogens with zero attached hydrogens (tertiary/aromatic N) is 1. The molecule has 1 N–H and O–H groups in total. The lowest BCUT2D eigenvalue weighted by molar-refractivity contribution is -0.275. The van der Waals surface area contributed by atoms with Crippen molar-refractivity contribution in [3.05, 3.63) is 53.5 Å². The van der Waals surface area contributed by atoms with Crippen molar-refractivity contribution in [1.29, 1.82) is 0 Å². The topological polar surface area (TPSA) is 68.3 Å². The van der Waals surface area contributed by atoms with Crippen molar-refractivity contribution >= 4 is 31.6 Å². The second-order valence-corrected chi connectivity index (χ2v) is 8.07. The molecule has 0 aliphatic carbocycles. The zero-order valence-electron chi connectivity index (χ0n) is 13.2. The maximum atomic E-state index is 12.4. The number of halogens is 3. The zero-order valence-corrected chi connectivity index (χ0v) is 14.8. The van der Waals surface area contributed by atoms with Crippen LogP contribution in [-0.2, 0) is 16.4 Å². The van der Waals surface area contributed by atoms with Gasteiger partial charge in [0.1, 0.15) is 10.6 Å². The lowest BCUT2D eigenvalue weighted by Gasteiger charge is -2.13. The molecular weight excluding hydrogens is 389 g/mol. The molecule has 0 fully saturated rings. The Hall–Kier alpha value is -2.17. The van der Waals surface area contributed by atoms with Crippen LogP contribution >= 0.6 is 11.3 Å². The summed E-state index contributed by atoms with van der Waals surface area (Å²) in [4.78, 5) is 3.81. The first-order valence-corrected chi connectivity index (χ1v) is 9.73. The smallest absolute Gasteiger partial charge is 0.404 e. The summed E-state index contributed by atoms with van der Waals surface area (Å²) in [6.07, 6.45) is -4.66. The Bertz CT molecular complexity index is 984. The Morgan fingerprint density at radius 1 is 1.08 bits per heavy atom. The number of thiazole rings is 1. The number of benzene rings is 2. The molecule has 1 heterocycles. The monoisotopic (exact) mass is 402 g/mol. The zero-order chi connectivity index (χ0) is 18.8. The van der Waals surface area contributed by atoms with E-state index in [1.165, 1.54) is 23.5 Å². The standard InChI is InChI=1S/C16H13F3N2O3S2/c17-16(18,19)24-12-6-2-4-8-14(12)26(22,23)20-10-9-15-21-11-5-1-3-7-13(11)25-15/h1-8,20H,9-10H2. The first-order chi connectivity index (χ1) is 12.2. The summed E-state index contributed by atoms with van der Waals surface area (Å²) in [5, 5.41) is 0.730. The van der Waals surface area contributed by atoms with Crippen LogP contribution in [0.1, 0.15) is 5.01 Å². The Balaban J connectivity index is 1.71. The Morgan fingerprint density at radius 3 is 2.50 bits per heavy atom. The maximum absolute atomic E-state index is 12.4. The normalized spacial score (nSPS) is 12.4. The van der Waals surface area contributed by atoms with Gasteiger partial charge < -0.3 is 4.74 Å². The molecule has 0 atom stereocenters. The van der Waals surface area contributed by atoms with Crippen molar-refractivity contribution in [3.63, 3.8) is 0 Å². The van der Waals surface area contributed by atoms with E-state index in [9.17, 15) is 21.6 Å². The average molecular weight is 402 g/mol. The van der Waals surface area contributed by atoms with Gasteiger partial charge in [-0.3, -0.25) is 0 Å².